The predicted octanol–water partition coefficient (Wildman–Crippen LogP) is 5.87. The van der Waals surface area contributed by atoms with Crippen molar-refractivity contribution in [1.29, 1.82) is 0 Å². The summed E-state index contributed by atoms with van der Waals surface area (Å²) in [5.41, 5.74) is 0. The zero-order valence-corrected chi connectivity index (χ0v) is 16.1. The number of fused-ring (bicyclic) bond motifs is 10. The molecule has 0 aromatic rings. The maximum atomic E-state index is 2.84. The Kier molecular flexibility index (Phi) is 0.311. The molecule has 10 rings (SSSR count). The van der Waals surface area contributed by atoms with Crippen LogP contribution in [0.15, 0.2) is 0 Å². The molecule has 10 aliphatic heterocycles. The molecule has 0 nitrogen and oxygen atoms in total. The predicted molar refractivity (Wildman–Crippen MR) is 82.1 cm³/mol. The van der Waals surface area contributed by atoms with Crippen LogP contribution in [0.1, 0.15) is 0 Å². The molecule has 19 heavy (non-hydrogen) atoms. The van der Waals surface area contributed by atoms with Crippen LogP contribution < -0.4 is 0 Å². The molecule has 3 heteroatoms. The normalized spacial score (nSPS) is 114. The molecule has 10 saturated heterocycles. The Morgan fingerprint density at radius 3 is 1.00 bits per heavy atom. The molecule has 0 aromatic carbocycles. The minimum atomic E-state index is -2.97. The molecule has 0 saturated carbocycles. The van der Waals surface area contributed by atoms with Crippen LogP contribution in [0.5, 0.6) is 0 Å². The fraction of sp³-hybridized carbons (Fsp3) is 1.00. The van der Waals surface area contributed by atoms with Crippen LogP contribution in [0.3, 0.4) is 0 Å². The average molecular weight is 330 g/mol. The molecule has 10 heterocycles. The van der Waals surface area contributed by atoms with E-state index in [1.807, 2.05) is 0 Å². The van der Waals surface area contributed by atoms with Gasteiger partial charge in [-0.25, -0.2) is 0 Å². The number of hydrogen-bond donors (Lipinski definition) is 0. The third-order valence-corrected chi connectivity index (χ3v) is 78.6. The summed E-state index contributed by atoms with van der Waals surface area (Å²) in [6.07, 6.45) is 0. The van der Waals surface area contributed by atoms with Crippen molar-refractivity contribution in [3.63, 3.8) is 0 Å². The van der Waals surface area contributed by atoms with E-state index in [0.717, 1.165) is 0 Å². The Labute approximate surface area is 108 Å². The Morgan fingerprint density at radius 2 is 0.895 bits per heavy atom. The number of rotatable bonds is 2. The molecule has 0 aromatic heterocycles. The molecule has 0 aliphatic carbocycles. The van der Waals surface area contributed by atoms with E-state index in [1.165, 1.54) is 46.4 Å². The minimum absolute atomic E-state index is 0.949. The fourth-order valence-electron chi connectivity index (χ4n) is 21.0. The second-order valence-electron chi connectivity index (χ2n) is 14.2. The summed E-state index contributed by atoms with van der Waals surface area (Å²) in [4.78, 5) is 12.2. The Morgan fingerprint density at radius 1 is 0.579 bits per heavy atom. The first-order chi connectivity index (χ1) is 8.44. The van der Waals surface area contributed by atoms with Gasteiger partial charge in [0, 0.05) is 0 Å². The van der Waals surface area contributed by atoms with E-state index >= 15 is 0 Å². The van der Waals surface area contributed by atoms with Gasteiger partial charge < -0.3 is 0 Å². The summed E-state index contributed by atoms with van der Waals surface area (Å²) in [6.45, 7) is 14.1. The molecular weight excluding hydrogens is 304 g/mol. The van der Waals surface area contributed by atoms with Gasteiger partial charge in [0.25, 0.3) is 0 Å². The molecule has 0 amide bonds. The van der Waals surface area contributed by atoms with Crippen molar-refractivity contribution in [2.24, 2.45) is 0 Å². The van der Waals surface area contributed by atoms with Crippen molar-refractivity contribution in [1.82, 2.24) is 0 Å². The summed E-state index contributed by atoms with van der Waals surface area (Å²) in [5.74, 6) is 0. The van der Waals surface area contributed by atoms with E-state index in [1.54, 1.807) is 0 Å². The van der Waals surface area contributed by atoms with Gasteiger partial charge in [0.2, 0.25) is 0 Å². The van der Waals surface area contributed by atoms with Gasteiger partial charge in [0.1, 0.15) is 0 Å². The van der Waals surface area contributed by atoms with E-state index in [0.29, 0.717) is 0 Å². The van der Waals surface area contributed by atoms with Gasteiger partial charge in [0.05, 0.1) is 0 Å². The molecule has 0 radical (unpaired) electrons. The van der Waals surface area contributed by atoms with E-state index in [-0.39, 0.29) is 0 Å². The summed E-state index contributed by atoms with van der Waals surface area (Å²) >= 11 is 0. The third-order valence-electron chi connectivity index (χ3n) is 17.0. The van der Waals surface area contributed by atoms with E-state index in [4.69, 9.17) is 0 Å². The van der Waals surface area contributed by atoms with Crippen LogP contribution in [-0.4, -0.2) is 16.1 Å². The van der Waals surface area contributed by atoms with Crippen LogP contribution in [0, 0.1) is 0 Å². The first-order valence-corrected chi connectivity index (χ1v) is 21.9. The Hall–Kier alpha value is 0.953. The molecule has 1 spiro atoms. The third kappa shape index (κ3) is 0.0901. The second-order valence-corrected chi connectivity index (χ2v) is 49.0. The van der Waals surface area contributed by atoms with E-state index in [2.05, 4.69) is 39.3 Å². The van der Waals surface area contributed by atoms with E-state index < -0.39 is 22.7 Å². The van der Waals surface area contributed by atoms with Crippen molar-refractivity contribution in [3.05, 3.63) is 0 Å². The fourth-order valence-corrected chi connectivity index (χ4v) is 153. The molecular formula is C16H26FeSi2. The molecule has 10 fully saturated rings. The van der Waals surface area contributed by atoms with Crippen molar-refractivity contribution in [2.45, 2.75) is 85.7 Å². The van der Waals surface area contributed by atoms with Crippen LogP contribution in [0.4, 0.5) is 0 Å². The van der Waals surface area contributed by atoms with Crippen molar-refractivity contribution < 1.29 is 6.51 Å². The monoisotopic (exact) mass is 330 g/mol. The van der Waals surface area contributed by atoms with Gasteiger partial charge in [0.15, 0.2) is 0 Å². The zero-order valence-electron chi connectivity index (χ0n) is 13.0. The van der Waals surface area contributed by atoms with Crippen molar-refractivity contribution >= 4 is 16.1 Å². The summed E-state index contributed by atoms with van der Waals surface area (Å²) in [6, 6.07) is 0. The van der Waals surface area contributed by atoms with Crippen LogP contribution in [-0.2, 0) is 6.51 Å². The molecule has 4 atom stereocenters. The standard InChI is InChI=1S/C11H21Si2.C5H5.Fe/c1-12(2,3)10-8-7-9-11(10)13(4,5)6;1-2-4-5-3-1;/h7-9H,1-6H3;1-5H;. The molecule has 0 bridgehead atoms. The van der Waals surface area contributed by atoms with Gasteiger partial charge in [-0.1, -0.05) is 0 Å². The maximum absolute atomic E-state index is 2.97. The molecule has 4 unspecified atom stereocenters. The molecule has 106 valence electrons. The van der Waals surface area contributed by atoms with Crippen LogP contribution in [0.25, 0.3) is 0 Å². The second kappa shape index (κ2) is 0.692. The molecule has 10 aliphatic rings. The first kappa shape index (κ1) is 8.55. The van der Waals surface area contributed by atoms with Crippen LogP contribution >= 0.6 is 0 Å². The summed E-state index contributed by atoms with van der Waals surface area (Å²) < 4.78 is 2.42. The van der Waals surface area contributed by atoms with Gasteiger partial charge in [-0.2, -0.15) is 0 Å². The van der Waals surface area contributed by atoms with Crippen molar-refractivity contribution in [2.75, 3.05) is 0 Å². The first-order valence-electron chi connectivity index (χ1n) is 8.65. The summed E-state index contributed by atoms with van der Waals surface area (Å²) in [5, 5.41) is 0. The van der Waals surface area contributed by atoms with Gasteiger partial charge >= 0.3 is 108 Å². The van der Waals surface area contributed by atoms with Gasteiger partial charge in [-0.3, -0.25) is 0 Å². The van der Waals surface area contributed by atoms with Gasteiger partial charge in [-0.15, -0.1) is 0 Å². The summed E-state index contributed by atoms with van der Waals surface area (Å²) in [7, 11) is -1.90. The SMILES string of the molecule is C[Si](C)(C)[C]12[CH]3[CH]4[CH]5[C]1([Si](C)(C)C)[Fe]43521678[CH]2[CH]1[CH]6[CH]7[CH]28. The number of hydrogen-bond acceptors (Lipinski definition) is 0. The van der Waals surface area contributed by atoms with E-state index in [9.17, 15) is 0 Å². The van der Waals surface area contributed by atoms with Gasteiger partial charge in [-0.05, 0) is 0 Å². The quantitative estimate of drug-likeness (QED) is 0.555. The zero-order chi connectivity index (χ0) is 12.9. The Balaban J connectivity index is 1.68. The topological polar surface area (TPSA) is 0 Å². The van der Waals surface area contributed by atoms with Crippen LogP contribution in [0.2, 0.25) is 85.7 Å². The van der Waals surface area contributed by atoms with Crippen molar-refractivity contribution in [3.8, 4) is 0 Å². The Bertz CT molecular complexity index is 983. The molecule has 0 N–H and O–H groups in total. The average Bonchev–Trinajstić information content (AvgIpc) is 3.21.